The highest BCUT2D eigenvalue weighted by atomic mass is 32.2. The van der Waals surface area contributed by atoms with E-state index in [9.17, 15) is 13.2 Å². The molecule has 9 heteroatoms. The number of benzene rings is 2. The van der Waals surface area contributed by atoms with Crippen molar-refractivity contribution >= 4 is 44.3 Å². The molecular weight excluding hydrogens is 458 g/mol. The van der Waals surface area contributed by atoms with Crippen molar-refractivity contribution in [2.24, 2.45) is 0 Å². The molecule has 0 saturated carbocycles. The summed E-state index contributed by atoms with van der Waals surface area (Å²) in [4.78, 5) is 17.7. The maximum Gasteiger partial charge on any atom is 0.243 e. The number of nitrogens with one attached hydrogen (secondary N) is 1. The van der Waals surface area contributed by atoms with Crippen LogP contribution in [0.1, 0.15) is 18.1 Å². The topological polar surface area (TPSA) is 88.6 Å². The molecule has 1 aliphatic heterocycles. The van der Waals surface area contributed by atoms with Gasteiger partial charge in [0, 0.05) is 24.2 Å². The zero-order chi connectivity index (χ0) is 23.6. The van der Waals surface area contributed by atoms with E-state index in [4.69, 9.17) is 9.72 Å². The summed E-state index contributed by atoms with van der Waals surface area (Å²) in [6.45, 7) is 7.39. The Kier molecular flexibility index (Phi) is 7.04. The SMILES string of the molecule is Cc1cc(SC(C)C(=O)Nc2ccc(S(=O)(=O)N3CCOCC3)cc2)nc2c(C)cccc12. The highest BCUT2D eigenvalue weighted by Gasteiger charge is 2.26. The number of hydrogen-bond acceptors (Lipinski definition) is 6. The van der Waals surface area contributed by atoms with Crippen molar-refractivity contribution in [2.45, 2.75) is 35.9 Å². The summed E-state index contributed by atoms with van der Waals surface area (Å²) >= 11 is 1.40. The summed E-state index contributed by atoms with van der Waals surface area (Å²) in [6.07, 6.45) is 0. The Morgan fingerprint density at radius 3 is 2.48 bits per heavy atom. The van der Waals surface area contributed by atoms with E-state index in [1.54, 1.807) is 12.1 Å². The number of hydrogen-bond donors (Lipinski definition) is 1. The third kappa shape index (κ3) is 5.22. The molecule has 7 nitrogen and oxygen atoms in total. The minimum Gasteiger partial charge on any atom is -0.379 e. The minimum atomic E-state index is -3.56. The monoisotopic (exact) mass is 485 g/mol. The van der Waals surface area contributed by atoms with E-state index in [2.05, 4.69) is 11.4 Å². The number of nitrogens with zero attached hydrogens (tertiary/aromatic N) is 2. The van der Waals surface area contributed by atoms with Gasteiger partial charge in [-0.05, 0) is 62.2 Å². The number of rotatable bonds is 6. The van der Waals surface area contributed by atoms with Crippen molar-refractivity contribution in [1.82, 2.24) is 9.29 Å². The van der Waals surface area contributed by atoms with Crippen LogP contribution in [0.4, 0.5) is 5.69 Å². The summed E-state index contributed by atoms with van der Waals surface area (Å²) < 4.78 is 32.2. The number of amides is 1. The number of para-hydroxylation sites is 1. The Morgan fingerprint density at radius 1 is 1.09 bits per heavy atom. The number of anilines is 1. The van der Waals surface area contributed by atoms with Crippen LogP contribution in [0.25, 0.3) is 10.9 Å². The molecule has 1 saturated heterocycles. The van der Waals surface area contributed by atoms with Gasteiger partial charge in [-0.25, -0.2) is 13.4 Å². The lowest BCUT2D eigenvalue weighted by atomic mass is 10.1. The second-order valence-corrected chi connectivity index (χ2v) is 11.3. The Bertz CT molecular complexity index is 1270. The summed E-state index contributed by atoms with van der Waals surface area (Å²) in [5.74, 6) is -0.173. The molecule has 33 heavy (non-hydrogen) atoms. The van der Waals surface area contributed by atoms with Crippen molar-refractivity contribution in [3.8, 4) is 0 Å². The average Bonchev–Trinajstić information content (AvgIpc) is 2.81. The molecule has 1 atom stereocenters. The van der Waals surface area contributed by atoms with E-state index >= 15 is 0 Å². The van der Waals surface area contributed by atoms with Gasteiger partial charge in [-0.15, -0.1) is 0 Å². The van der Waals surface area contributed by atoms with Gasteiger partial charge in [0.05, 0.1) is 33.9 Å². The van der Waals surface area contributed by atoms with E-state index in [1.165, 1.54) is 28.2 Å². The van der Waals surface area contributed by atoms with Gasteiger partial charge in [-0.1, -0.05) is 30.0 Å². The van der Waals surface area contributed by atoms with Gasteiger partial charge in [0.1, 0.15) is 0 Å². The Labute approximate surface area is 198 Å². The molecule has 0 bridgehead atoms. The lowest BCUT2D eigenvalue weighted by Crippen LogP contribution is -2.40. The van der Waals surface area contributed by atoms with Crippen LogP contribution in [0.3, 0.4) is 0 Å². The van der Waals surface area contributed by atoms with E-state index < -0.39 is 10.0 Å². The number of ether oxygens (including phenoxy) is 1. The molecule has 1 amide bonds. The molecule has 1 aliphatic rings. The molecule has 2 aromatic carbocycles. The standard InChI is InChI=1S/C24H27N3O4S2/c1-16-5-4-6-21-17(2)15-22(26-23(16)21)32-18(3)24(28)25-19-7-9-20(10-8-19)33(29,30)27-11-13-31-14-12-27/h4-10,15,18H,11-14H2,1-3H3,(H,25,28). The fraction of sp³-hybridized carbons (Fsp3) is 0.333. The number of aryl methyl sites for hydroxylation is 2. The predicted molar refractivity (Wildman–Crippen MR) is 131 cm³/mol. The van der Waals surface area contributed by atoms with Crippen LogP contribution >= 0.6 is 11.8 Å². The zero-order valence-electron chi connectivity index (χ0n) is 18.9. The molecule has 1 fully saturated rings. The number of carbonyl (C=O) groups is 1. The van der Waals surface area contributed by atoms with Gasteiger partial charge >= 0.3 is 0 Å². The molecule has 1 N–H and O–H groups in total. The number of fused-ring (bicyclic) bond motifs is 1. The first-order chi connectivity index (χ1) is 15.8. The average molecular weight is 486 g/mol. The van der Waals surface area contributed by atoms with Crippen LogP contribution in [0.5, 0.6) is 0 Å². The van der Waals surface area contributed by atoms with Crippen molar-refractivity contribution in [3.63, 3.8) is 0 Å². The zero-order valence-corrected chi connectivity index (χ0v) is 20.5. The molecule has 1 unspecified atom stereocenters. The van der Waals surface area contributed by atoms with Gasteiger partial charge in [0.25, 0.3) is 0 Å². The maximum absolute atomic E-state index is 12.8. The van der Waals surface area contributed by atoms with Gasteiger partial charge in [0.15, 0.2) is 0 Å². The second-order valence-electron chi connectivity index (χ2n) is 8.04. The normalized spacial score (nSPS) is 16.0. The van der Waals surface area contributed by atoms with Crippen LogP contribution < -0.4 is 5.32 Å². The fourth-order valence-corrected chi connectivity index (χ4v) is 6.04. The first-order valence-electron chi connectivity index (χ1n) is 10.8. The number of aromatic nitrogens is 1. The van der Waals surface area contributed by atoms with E-state index in [1.807, 2.05) is 39.0 Å². The molecule has 174 valence electrons. The Morgan fingerprint density at radius 2 is 1.79 bits per heavy atom. The van der Waals surface area contributed by atoms with Crippen LogP contribution in [-0.4, -0.2) is 55.2 Å². The molecular formula is C24H27N3O4S2. The van der Waals surface area contributed by atoms with Crippen LogP contribution in [-0.2, 0) is 19.6 Å². The second kappa shape index (κ2) is 9.80. The van der Waals surface area contributed by atoms with Crippen molar-refractivity contribution < 1.29 is 17.9 Å². The van der Waals surface area contributed by atoms with Crippen molar-refractivity contribution in [2.75, 3.05) is 31.6 Å². The molecule has 0 radical (unpaired) electrons. The number of thioether (sulfide) groups is 1. The summed E-state index contributed by atoms with van der Waals surface area (Å²) in [7, 11) is -3.56. The summed E-state index contributed by atoms with van der Waals surface area (Å²) in [5.41, 5.74) is 3.72. The largest absolute Gasteiger partial charge is 0.379 e. The Balaban J connectivity index is 1.43. The van der Waals surface area contributed by atoms with Gasteiger partial charge in [0.2, 0.25) is 15.9 Å². The fourth-order valence-electron chi connectivity index (χ4n) is 3.72. The molecule has 2 heterocycles. The van der Waals surface area contributed by atoms with E-state index in [-0.39, 0.29) is 16.1 Å². The van der Waals surface area contributed by atoms with E-state index in [0.717, 1.165) is 27.1 Å². The maximum atomic E-state index is 12.8. The molecule has 4 rings (SSSR count). The van der Waals surface area contributed by atoms with Crippen LogP contribution in [0.15, 0.2) is 58.5 Å². The lowest BCUT2D eigenvalue weighted by molar-refractivity contribution is -0.115. The van der Waals surface area contributed by atoms with Crippen molar-refractivity contribution in [1.29, 1.82) is 0 Å². The highest BCUT2D eigenvalue weighted by molar-refractivity contribution is 8.00. The highest BCUT2D eigenvalue weighted by Crippen LogP contribution is 2.29. The molecule has 1 aromatic heterocycles. The molecule has 3 aromatic rings. The predicted octanol–water partition coefficient (Wildman–Crippen LogP) is 3.99. The first-order valence-corrected chi connectivity index (χ1v) is 13.1. The number of sulfonamides is 1. The number of carbonyl (C=O) groups excluding carboxylic acids is 1. The number of pyridine rings is 1. The third-order valence-corrected chi connectivity index (χ3v) is 8.55. The van der Waals surface area contributed by atoms with Gasteiger partial charge in [-0.2, -0.15) is 4.31 Å². The first kappa shape index (κ1) is 23.7. The van der Waals surface area contributed by atoms with E-state index in [0.29, 0.717) is 32.0 Å². The lowest BCUT2D eigenvalue weighted by Gasteiger charge is -2.26. The summed E-state index contributed by atoms with van der Waals surface area (Å²) in [6, 6.07) is 14.4. The molecule has 0 spiro atoms. The van der Waals surface area contributed by atoms with Crippen molar-refractivity contribution in [3.05, 3.63) is 59.7 Å². The minimum absolute atomic E-state index is 0.173. The van der Waals surface area contributed by atoms with Gasteiger partial charge in [-0.3, -0.25) is 4.79 Å². The molecule has 0 aliphatic carbocycles. The van der Waals surface area contributed by atoms with Crippen LogP contribution in [0.2, 0.25) is 0 Å². The summed E-state index contributed by atoms with van der Waals surface area (Å²) in [5, 5.41) is 4.40. The van der Waals surface area contributed by atoms with Gasteiger partial charge < -0.3 is 10.1 Å². The number of morpholine rings is 1. The smallest absolute Gasteiger partial charge is 0.243 e. The third-order valence-electron chi connectivity index (χ3n) is 5.62. The quantitative estimate of drug-likeness (QED) is 0.531. The Hall–Kier alpha value is -2.46. The van der Waals surface area contributed by atoms with Crippen LogP contribution in [0, 0.1) is 13.8 Å².